The molecule has 4 aromatic rings. The van der Waals surface area contributed by atoms with E-state index in [9.17, 15) is 22.8 Å². The van der Waals surface area contributed by atoms with Gasteiger partial charge in [-0.25, -0.2) is 14.5 Å². The topological polar surface area (TPSA) is 88.8 Å². The Morgan fingerprint density at radius 1 is 1.25 bits per heavy atom. The maximum Gasteiger partial charge on any atom is 0.417 e. The Hall–Kier alpha value is -3.32. The highest BCUT2D eigenvalue weighted by Gasteiger charge is 2.35. The molecule has 0 bridgehead atoms. The molecule has 0 spiro atoms. The van der Waals surface area contributed by atoms with Gasteiger partial charge in [0.25, 0.3) is 11.5 Å². The van der Waals surface area contributed by atoms with Crippen molar-refractivity contribution < 1.29 is 18.0 Å². The van der Waals surface area contributed by atoms with Crippen LogP contribution in [0.2, 0.25) is 0 Å². The van der Waals surface area contributed by atoms with Gasteiger partial charge in [-0.2, -0.15) is 13.2 Å². The van der Waals surface area contributed by atoms with Gasteiger partial charge in [-0.15, -0.1) is 0 Å². The maximum atomic E-state index is 13.4. The van der Waals surface area contributed by atoms with Crippen LogP contribution in [0.5, 0.6) is 0 Å². The fourth-order valence-electron chi connectivity index (χ4n) is 4.34. The summed E-state index contributed by atoms with van der Waals surface area (Å²) in [4.78, 5) is 39.8. The Morgan fingerprint density at radius 3 is 2.72 bits per heavy atom. The lowest BCUT2D eigenvalue weighted by molar-refractivity contribution is -0.138. The molecule has 0 saturated heterocycles. The molecule has 0 saturated carbocycles. The van der Waals surface area contributed by atoms with Crippen LogP contribution in [0, 0.1) is 4.77 Å². The number of pyridine rings is 1. The summed E-state index contributed by atoms with van der Waals surface area (Å²) in [5.74, 6) is -0.257. The van der Waals surface area contributed by atoms with E-state index in [0.29, 0.717) is 22.7 Å². The van der Waals surface area contributed by atoms with Crippen molar-refractivity contribution in [3.63, 3.8) is 0 Å². The molecule has 0 fully saturated rings. The van der Waals surface area contributed by atoms with Crippen molar-refractivity contribution in [1.29, 1.82) is 0 Å². The minimum Gasteiger partial charge on any atom is -0.333 e. The number of fused-ring (bicyclic) bond motifs is 2. The average Bonchev–Trinajstić information content (AvgIpc) is 3.18. The number of hydrogen-bond donors (Lipinski definition) is 1. The largest absolute Gasteiger partial charge is 0.417 e. The maximum absolute atomic E-state index is 13.4. The lowest BCUT2D eigenvalue weighted by Crippen LogP contribution is -2.46. The Kier molecular flexibility index (Phi) is 5.86. The van der Waals surface area contributed by atoms with Crippen LogP contribution in [0.3, 0.4) is 0 Å². The van der Waals surface area contributed by atoms with Crippen LogP contribution in [0.25, 0.3) is 17.0 Å². The summed E-state index contributed by atoms with van der Waals surface area (Å²) < 4.78 is 43.1. The molecule has 1 amide bonds. The monoisotopic (exact) mass is 578 g/mol. The lowest BCUT2D eigenvalue weighted by atomic mass is 9.98. The summed E-state index contributed by atoms with van der Waals surface area (Å²) in [7, 11) is 1.83. The molecule has 0 radical (unpaired) electrons. The van der Waals surface area contributed by atoms with E-state index in [1.165, 1.54) is 21.6 Å². The van der Waals surface area contributed by atoms with E-state index < -0.39 is 23.7 Å². The molecule has 3 aromatic heterocycles. The molecular formula is C23H18BrF3N6O2S. The summed E-state index contributed by atoms with van der Waals surface area (Å²) >= 11 is 8.33. The van der Waals surface area contributed by atoms with E-state index in [1.54, 1.807) is 30.0 Å². The molecule has 1 aliphatic heterocycles. The molecule has 0 unspecified atom stereocenters. The molecule has 0 aliphatic carbocycles. The highest BCUT2D eigenvalue weighted by Crippen LogP contribution is 2.36. The van der Waals surface area contributed by atoms with Gasteiger partial charge in [-0.05, 0) is 55.9 Å². The van der Waals surface area contributed by atoms with Crippen molar-refractivity contribution >= 4 is 45.2 Å². The number of nitrogens with zero attached hydrogens (tertiary/aromatic N) is 5. The zero-order chi connectivity index (χ0) is 25.9. The molecule has 13 heteroatoms. The van der Waals surface area contributed by atoms with E-state index in [4.69, 9.17) is 12.2 Å². The van der Waals surface area contributed by atoms with E-state index in [1.807, 2.05) is 7.05 Å². The van der Waals surface area contributed by atoms with Gasteiger partial charge >= 0.3 is 6.18 Å². The number of amides is 1. The number of carbonyl (C=O) groups excluding carboxylic acids is 1. The van der Waals surface area contributed by atoms with Crippen LogP contribution in [0.15, 0.2) is 45.9 Å². The van der Waals surface area contributed by atoms with Crippen molar-refractivity contribution in [1.82, 2.24) is 29.0 Å². The number of aromatic amines is 1. The number of H-pyrrole nitrogens is 1. The lowest BCUT2D eigenvalue weighted by Gasteiger charge is -2.34. The molecule has 1 N–H and O–H groups in total. The first kappa shape index (κ1) is 24.4. The predicted molar refractivity (Wildman–Crippen MR) is 131 cm³/mol. The third-order valence-corrected chi connectivity index (χ3v) is 7.20. The minimum atomic E-state index is -4.61. The number of benzene rings is 1. The third kappa shape index (κ3) is 4.05. The standard InChI is InChI=1S/C23H18BrF3N6O2S/c1-11-7-13-16(9-32(11)20(34)12-3-4-15(24)14(8-12)23(25,26)27)29-22(36)33(21(13)35)18-6-5-17-19(30-18)28-10-31(17)2/h3-6,8,10-11H,7,9H2,1-2H3,(H,29,36)/t11-/m1/s1. The Morgan fingerprint density at radius 2 is 2.00 bits per heavy atom. The van der Waals surface area contributed by atoms with Crippen LogP contribution in [-0.2, 0) is 26.2 Å². The summed E-state index contributed by atoms with van der Waals surface area (Å²) in [6.07, 6.45) is -2.80. The summed E-state index contributed by atoms with van der Waals surface area (Å²) in [6.45, 7) is 1.74. The van der Waals surface area contributed by atoms with Gasteiger partial charge in [0.15, 0.2) is 10.4 Å². The van der Waals surface area contributed by atoms with Crippen LogP contribution in [0.4, 0.5) is 13.2 Å². The first-order valence-electron chi connectivity index (χ1n) is 10.8. The fourth-order valence-corrected chi connectivity index (χ4v) is 5.12. The summed E-state index contributed by atoms with van der Waals surface area (Å²) in [5, 5.41) is 0. The Balaban J connectivity index is 1.52. The highest BCUT2D eigenvalue weighted by atomic mass is 79.9. The van der Waals surface area contributed by atoms with E-state index in [2.05, 4.69) is 30.9 Å². The highest BCUT2D eigenvalue weighted by molar-refractivity contribution is 9.10. The number of hydrogen-bond acceptors (Lipinski definition) is 5. The van der Waals surface area contributed by atoms with Crippen molar-refractivity contribution in [3.8, 4) is 5.82 Å². The number of halogens is 4. The predicted octanol–water partition coefficient (Wildman–Crippen LogP) is 4.55. The molecule has 1 atom stereocenters. The number of aryl methyl sites for hydroxylation is 1. The molecule has 1 aromatic carbocycles. The Bertz CT molecular complexity index is 1660. The van der Waals surface area contributed by atoms with Crippen molar-refractivity contribution in [2.24, 2.45) is 7.05 Å². The normalized spacial score (nSPS) is 15.8. The van der Waals surface area contributed by atoms with Gasteiger partial charge in [0.05, 0.1) is 24.0 Å². The summed E-state index contributed by atoms with van der Waals surface area (Å²) in [6, 6.07) is 6.39. The van der Waals surface area contributed by atoms with Crippen LogP contribution in [-0.4, -0.2) is 40.9 Å². The SMILES string of the molecule is C[C@@H]1Cc2c([nH]c(=S)n(-c3ccc4c(ncn4C)n3)c2=O)CN1C(=O)c1ccc(Br)c(C(F)(F)F)c1. The number of carbonyl (C=O) groups is 1. The molecule has 1 aliphatic rings. The van der Waals surface area contributed by atoms with Crippen LogP contribution < -0.4 is 5.56 Å². The minimum absolute atomic E-state index is 0.000821. The average molecular weight is 579 g/mol. The molecule has 5 rings (SSSR count). The van der Waals surface area contributed by atoms with Gasteiger partial charge < -0.3 is 14.5 Å². The van der Waals surface area contributed by atoms with Crippen molar-refractivity contribution in [2.75, 3.05) is 0 Å². The second-order valence-corrected chi connectivity index (χ2v) is 9.82. The van der Waals surface area contributed by atoms with Crippen LogP contribution >= 0.6 is 28.1 Å². The number of alkyl halides is 3. The molecular weight excluding hydrogens is 561 g/mol. The first-order valence-corrected chi connectivity index (χ1v) is 12.0. The van der Waals surface area contributed by atoms with Crippen molar-refractivity contribution in [3.05, 3.63) is 78.6 Å². The van der Waals surface area contributed by atoms with Gasteiger partial charge in [0, 0.05) is 34.4 Å². The number of rotatable bonds is 2. The molecule has 36 heavy (non-hydrogen) atoms. The van der Waals surface area contributed by atoms with Gasteiger partial charge in [-0.3, -0.25) is 9.59 Å². The quantitative estimate of drug-likeness (QED) is 0.353. The second kappa shape index (κ2) is 8.66. The first-order chi connectivity index (χ1) is 17.0. The number of imidazole rings is 1. The second-order valence-electron chi connectivity index (χ2n) is 8.57. The number of nitrogens with one attached hydrogen (secondary N) is 1. The van der Waals surface area contributed by atoms with Crippen LogP contribution in [0.1, 0.15) is 34.1 Å². The van der Waals surface area contributed by atoms with Gasteiger partial charge in [0.2, 0.25) is 0 Å². The third-order valence-electron chi connectivity index (χ3n) is 6.23. The van der Waals surface area contributed by atoms with Gasteiger partial charge in [0.1, 0.15) is 5.82 Å². The zero-order valence-electron chi connectivity index (χ0n) is 18.9. The zero-order valence-corrected chi connectivity index (χ0v) is 21.3. The van der Waals surface area contributed by atoms with Gasteiger partial charge in [-0.1, -0.05) is 15.9 Å². The van der Waals surface area contributed by atoms with E-state index in [0.717, 1.165) is 11.6 Å². The molecule has 4 heterocycles. The van der Waals surface area contributed by atoms with E-state index >= 15 is 0 Å². The molecule has 8 nitrogen and oxygen atoms in total. The molecule has 186 valence electrons. The smallest absolute Gasteiger partial charge is 0.333 e. The fraction of sp³-hybridized carbons (Fsp3) is 0.261. The van der Waals surface area contributed by atoms with Crippen molar-refractivity contribution in [2.45, 2.75) is 32.1 Å². The van der Waals surface area contributed by atoms with E-state index in [-0.39, 0.29) is 33.3 Å². The summed E-state index contributed by atoms with van der Waals surface area (Å²) in [5.41, 5.74) is 0.753. The number of aromatic nitrogens is 5. The Labute approximate surface area is 215 Å².